The highest BCUT2D eigenvalue weighted by Crippen LogP contribution is 2.27. The molecular weight excluding hydrogens is 374 g/mol. The third-order valence-electron chi connectivity index (χ3n) is 5.39. The van der Waals surface area contributed by atoms with Gasteiger partial charge in [0.2, 0.25) is 0 Å². The molecule has 0 atom stereocenters. The summed E-state index contributed by atoms with van der Waals surface area (Å²) in [7, 11) is 0. The molecule has 1 aliphatic heterocycles. The molecule has 1 saturated heterocycles. The average molecular weight is 404 g/mol. The second-order valence-corrected chi connectivity index (χ2v) is 7.77. The summed E-state index contributed by atoms with van der Waals surface area (Å²) < 4.78 is 17.4. The molecule has 0 unspecified atom stereocenters. The van der Waals surface area contributed by atoms with Crippen molar-refractivity contribution in [2.75, 3.05) is 25.1 Å². The molecule has 0 aromatic heterocycles. The first-order valence-corrected chi connectivity index (χ1v) is 10.6. The molecule has 1 N–H and O–H groups in total. The molecular formula is C26H29NO3. The Morgan fingerprint density at radius 3 is 2.47 bits per heavy atom. The highest BCUT2D eigenvalue weighted by Gasteiger charge is 2.14. The van der Waals surface area contributed by atoms with Gasteiger partial charge in [-0.15, -0.1) is 0 Å². The Balaban J connectivity index is 1.34. The van der Waals surface area contributed by atoms with Crippen LogP contribution in [0.2, 0.25) is 0 Å². The van der Waals surface area contributed by atoms with Gasteiger partial charge in [-0.2, -0.15) is 0 Å². The zero-order valence-electron chi connectivity index (χ0n) is 17.5. The second-order valence-electron chi connectivity index (χ2n) is 7.77. The van der Waals surface area contributed by atoms with Gasteiger partial charge in [0, 0.05) is 30.7 Å². The van der Waals surface area contributed by atoms with E-state index in [9.17, 15) is 0 Å². The first-order valence-electron chi connectivity index (χ1n) is 10.6. The van der Waals surface area contributed by atoms with Gasteiger partial charge >= 0.3 is 0 Å². The van der Waals surface area contributed by atoms with Crippen molar-refractivity contribution < 1.29 is 14.2 Å². The number of ether oxygens (including phenoxy) is 3. The molecule has 0 saturated carbocycles. The summed E-state index contributed by atoms with van der Waals surface area (Å²) in [6, 6.07) is 24.5. The van der Waals surface area contributed by atoms with Gasteiger partial charge in [-0.1, -0.05) is 36.4 Å². The fraction of sp³-hybridized carbons (Fsp3) is 0.308. The van der Waals surface area contributed by atoms with E-state index in [4.69, 9.17) is 14.2 Å². The minimum absolute atomic E-state index is 0.569. The van der Waals surface area contributed by atoms with Crippen molar-refractivity contribution in [2.24, 2.45) is 5.92 Å². The number of hydrogen-bond acceptors (Lipinski definition) is 4. The fourth-order valence-electron chi connectivity index (χ4n) is 3.55. The van der Waals surface area contributed by atoms with Crippen LogP contribution < -0.4 is 14.8 Å². The van der Waals surface area contributed by atoms with E-state index in [0.717, 1.165) is 66.7 Å². The quantitative estimate of drug-likeness (QED) is 0.492. The van der Waals surface area contributed by atoms with Crippen molar-refractivity contribution in [1.82, 2.24) is 0 Å². The summed E-state index contributed by atoms with van der Waals surface area (Å²) in [4.78, 5) is 0. The monoisotopic (exact) mass is 403 g/mol. The Hall–Kier alpha value is -2.98. The van der Waals surface area contributed by atoms with E-state index in [1.807, 2.05) is 36.4 Å². The smallest absolute Gasteiger partial charge is 0.121 e. The van der Waals surface area contributed by atoms with E-state index in [1.54, 1.807) is 0 Å². The summed E-state index contributed by atoms with van der Waals surface area (Å²) in [6.07, 6.45) is 2.16. The molecule has 4 nitrogen and oxygen atoms in total. The largest absolute Gasteiger partial charge is 0.493 e. The molecule has 4 heteroatoms. The van der Waals surface area contributed by atoms with Crippen LogP contribution in [0.1, 0.15) is 24.0 Å². The van der Waals surface area contributed by atoms with Gasteiger partial charge in [0.15, 0.2) is 0 Å². The van der Waals surface area contributed by atoms with E-state index < -0.39 is 0 Å². The lowest BCUT2D eigenvalue weighted by molar-refractivity contribution is 0.0497. The third-order valence-corrected chi connectivity index (χ3v) is 5.39. The van der Waals surface area contributed by atoms with E-state index in [0.29, 0.717) is 12.5 Å². The number of hydrogen-bond donors (Lipinski definition) is 1. The normalized spacial score (nSPS) is 14.3. The van der Waals surface area contributed by atoms with E-state index >= 15 is 0 Å². The zero-order chi connectivity index (χ0) is 20.6. The molecule has 0 aliphatic carbocycles. The topological polar surface area (TPSA) is 39.7 Å². The maximum atomic E-state index is 6.03. The van der Waals surface area contributed by atoms with Crippen LogP contribution in [0.15, 0.2) is 72.8 Å². The summed E-state index contributed by atoms with van der Waals surface area (Å²) in [5.74, 6) is 2.35. The predicted molar refractivity (Wildman–Crippen MR) is 121 cm³/mol. The van der Waals surface area contributed by atoms with Gasteiger partial charge in [-0.25, -0.2) is 0 Å². The number of aryl methyl sites for hydroxylation is 1. The average Bonchev–Trinajstić information content (AvgIpc) is 2.80. The van der Waals surface area contributed by atoms with Crippen LogP contribution in [0.25, 0.3) is 0 Å². The van der Waals surface area contributed by atoms with Gasteiger partial charge in [0.25, 0.3) is 0 Å². The van der Waals surface area contributed by atoms with E-state index in [2.05, 4.69) is 48.6 Å². The van der Waals surface area contributed by atoms with Crippen LogP contribution in [0.5, 0.6) is 11.5 Å². The van der Waals surface area contributed by atoms with Crippen molar-refractivity contribution >= 4 is 11.4 Å². The lowest BCUT2D eigenvalue weighted by Crippen LogP contribution is -2.21. The minimum atomic E-state index is 0.569. The van der Waals surface area contributed by atoms with Crippen molar-refractivity contribution in [3.63, 3.8) is 0 Å². The van der Waals surface area contributed by atoms with Gasteiger partial charge in [0.05, 0.1) is 6.61 Å². The Kier molecular flexibility index (Phi) is 6.88. The Morgan fingerprint density at radius 1 is 0.867 bits per heavy atom. The summed E-state index contributed by atoms with van der Waals surface area (Å²) in [5, 5.41) is 3.50. The summed E-state index contributed by atoms with van der Waals surface area (Å²) in [5.41, 5.74) is 4.37. The number of nitrogens with one attached hydrogen (secondary N) is 1. The summed E-state index contributed by atoms with van der Waals surface area (Å²) >= 11 is 0. The molecule has 1 fully saturated rings. The number of anilines is 2. The molecule has 4 rings (SSSR count). The highest BCUT2D eigenvalue weighted by atomic mass is 16.5. The predicted octanol–water partition coefficient (Wildman–Crippen LogP) is 6.12. The Morgan fingerprint density at radius 2 is 1.67 bits per heavy atom. The van der Waals surface area contributed by atoms with Crippen molar-refractivity contribution in [2.45, 2.75) is 26.4 Å². The number of rotatable bonds is 8. The van der Waals surface area contributed by atoms with Gasteiger partial charge < -0.3 is 19.5 Å². The van der Waals surface area contributed by atoms with E-state index in [1.165, 1.54) is 0 Å². The lowest BCUT2D eigenvalue weighted by atomic mass is 10.0. The van der Waals surface area contributed by atoms with Crippen LogP contribution >= 0.6 is 0 Å². The first kappa shape index (κ1) is 20.3. The second kappa shape index (κ2) is 10.2. The molecule has 1 heterocycles. The molecule has 0 amide bonds. The molecule has 0 spiro atoms. The van der Waals surface area contributed by atoms with Crippen molar-refractivity contribution in [3.05, 3.63) is 83.9 Å². The molecule has 0 radical (unpaired) electrons. The van der Waals surface area contributed by atoms with Gasteiger partial charge in [0.1, 0.15) is 18.1 Å². The summed E-state index contributed by atoms with van der Waals surface area (Å²) in [6.45, 7) is 5.10. The van der Waals surface area contributed by atoms with Gasteiger partial charge in [-0.3, -0.25) is 0 Å². The molecule has 30 heavy (non-hydrogen) atoms. The number of benzene rings is 3. The molecule has 3 aromatic carbocycles. The van der Waals surface area contributed by atoms with Crippen LogP contribution in [-0.4, -0.2) is 19.8 Å². The fourth-order valence-corrected chi connectivity index (χ4v) is 3.55. The standard InChI is InChI=1S/C26H29NO3/c1-20-16-25(30-18-21-6-3-2-4-7-21)10-11-26(20)27-23-8-5-9-24(17-23)29-19-22-12-14-28-15-13-22/h2-11,16-17,22,27H,12-15,18-19H2,1H3. The van der Waals surface area contributed by atoms with Crippen molar-refractivity contribution in [3.8, 4) is 11.5 Å². The van der Waals surface area contributed by atoms with Crippen molar-refractivity contribution in [1.29, 1.82) is 0 Å². The molecule has 0 bridgehead atoms. The lowest BCUT2D eigenvalue weighted by Gasteiger charge is -2.22. The van der Waals surface area contributed by atoms with Crippen LogP contribution in [0, 0.1) is 12.8 Å². The SMILES string of the molecule is Cc1cc(OCc2ccccc2)ccc1Nc1cccc(OCC2CCOCC2)c1. The molecule has 3 aromatic rings. The van der Waals surface area contributed by atoms with E-state index in [-0.39, 0.29) is 0 Å². The maximum Gasteiger partial charge on any atom is 0.121 e. The van der Waals surface area contributed by atoms with Crippen LogP contribution in [-0.2, 0) is 11.3 Å². The minimum Gasteiger partial charge on any atom is -0.493 e. The molecule has 1 aliphatic rings. The first-order chi connectivity index (χ1) is 14.8. The van der Waals surface area contributed by atoms with Crippen LogP contribution in [0.3, 0.4) is 0 Å². The zero-order valence-corrected chi connectivity index (χ0v) is 17.5. The Bertz CT molecular complexity index is 936. The maximum absolute atomic E-state index is 6.03. The van der Waals surface area contributed by atoms with Crippen LogP contribution in [0.4, 0.5) is 11.4 Å². The highest BCUT2D eigenvalue weighted by molar-refractivity contribution is 5.65. The van der Waals surface area contributed by atoms with Gasteiger partial charge in [-0.05, 0) is 67.1 Å². The molecule has 156 valence electrons. The Labute approximate surface area is 178 Å². The third kappa shape index (κ3) is 5.77.